The Morgan fingerprint density at radius 2 is 1.71 bits per heavy atom. The zero-order valence-corrected chi connectivity index (χ0v) is 20.0. The summed E-state index contributed by atoms with van der Waals surface area (Å²) in [5.41, 5.74) is 0.996. The molecule has 1 aliphatic rings. The quantitative estimate of drug-likeness (QED) is 0.296. The average molecular weight is 525 g/mol. The Balaban J connectivity index is 0.000000718. The molecule has 8 nitrogen and oxygen atoms in total. The molecule has 0 saturated carbocycles. The summed E-state index contributed by atoms with van der Waals surface area (Å²) in [4.78, 5) is 46.4. The van der Waals surface area contributed by atoms with E-state index >= 15 is 0 Å². The molecule has 1 aromatic carbocycles. The van der Waals surface area contributed by atoms with Gasteiger partial charge < -0.3 is 20.4 Å². The van der Waals surface area contributed by atoms with E-state index in [1.165, 1.54) is 10.8 Å². The standard InChI is InChI=1S/C19H26N2O4S2.C2HF3O2/c1-2-10-21-16(22)13-15(18(21)14-6-4-3-5-7-14)19(25)20-9-12-27-26-11-8-17(23)24;3-2(4,5)1(6)7/h3-7,15,18H,2,8-13H2,1H3,(H,20,25)(H,23,24);(H,6,7). The van der Waals surface area contributed by atoms with Gasteiger partial charge in [-0.05, 0) is 12.0 Å². The number of aliphatic carboxylic acids is 2. The van der Waals surface area contributed by atoms with Crippen LogP contribution in [0.3, 0.4) is 0 Å². The third kappa shape index (κ3) is 10.2. The molecule has 3 N–H and O–H groups in total. The molecule has 2 unspecified atom stereocenters. The van der Waals surface area contributed by atoms with Gasteiger partial charge in [-0.1, -0.05) is 58.8 Å². The first-order chi connectivity index (χ1) is 16.0. The van der Waals surface area contributed by atoms with E-state index in [1.807, 2.05) is 42.2 Å². The lowest BCUT2D eigenvalue weighted by molar-refractivity contribution is -0.192. The number of carboxylic acids is 2. The highest BCUT2D eigenvalue weighted by Crippen LogP contribution is 2.38. The zero-order chi connectivity index (χ0) is 25.7. The van der Waals surface area contributed by atoms with Gasteiger partial charge in [-0.25, -0.2) is 4.79 Å². The number of rotatable bonds is 11. The van der Waals surface area contributed by atoms with Crippen LogP contribution in [-0.2, 0) is 19.2 Å². The summed E-state index contributed by atoms with van der Waals surface area (Å²) in [6, 6.07) is 9.53. The molecule has 1 aromatic rings. The maximum absolute atomic E-state index is 12.7. The van der Waals surface area contributed by atoms with Crippen LogP contribution in [0.15, 0.2) is 30.3 Å². The van der Waals surface area contributed by atoms with Crippen LogP contribution in [0.2, 0.25) is 0 Å². The summed E-state index contributed by atoms with van der Waals surface area (Å²) in [6.07, 6.45) is -3.85. The molecular formula is C21H27F3N2O6S2. The summed E-state index contributed by atoms with van der Waals surface area (Å²) in [6.45, 7) is 3.18. The number of alkyl halides is 3. The summed E-state index contributed by atoms with van der Waals surface area (Å²) in [5.74, 6) is -2.75. The fraction of sp³-hybridized carbons (Fsp3) is 0.524. The van der Waals surface area contributed by atoms with Gasteiger partial charge >= 0.3 is 18.1 Å². The van der Waals surface area contributed by atoms with Gasteiger partial charge in [0.1, 0.15) is 0 Å². The third-order valence-electron chi connectivity index (χ3n) is 4.58. The zero-order valence-electron chi connectivity index (χ0n) is 18.4. The number of benzene rings is 1. The molecule has 1 fully saturated rings. The largest absolute Gasteiger partial charge is 0.490 e. The molecule has 0 spiro atoms. The lowest BCUT2D eigenvalue weighted by atomic mass is 9.92. The number of carboxylic acid groups (broad SMARTS) is 2. The normalized spacial score (nSPS) is 17.6. The van der Waals surface area contributed by atoms with Crippen LogP contribution < -0.4 is 5.32 Å². The second kappa shape index (κ2) is 14.8. The Morgan fingerprint density at radius 3 is 2.24 bits per heavy atom. The van der Waals surface area contributed by atoms with Crippen molar-refractivity contribution in [1.82, 2.24) is 10.2 Å². The van der Waals surface area contributed by atoms with Crippen LogP contribution in [0.1, 0.15) is 37.8 Å². The second-order valence-corrected chi connectivity index (χ2v) is 9.84. The van der Waals surface area contributed by atoms with Crippen LogP contribution in [0, 0.1) is 5.92 Å². The van der Waals surface area contributed by atoms with Gasteiger partial charge in [0, 0.05) is 31.0 Å². The van der Waals surface area contributed by atoms with Gasteiger partial charge in [0.05, 0.1) is 18.4 Å². The van der Waals surface area contributed by atoms with E-state index in [-0.39, 0.29) is 36.6 Å². The van der Waals surface area contributed by atoms with Crippen molar-refractivity contribution in [3.05, 3.63) is 35.9 Å². The van der Waals surface area contributed by atoms with Gasteiger partial charge in [-0.2, -0.15) is 13.2 Å². The van der Waals surface area contributed by atoms with E-state index in [4.69, 9.17) is 15.0 Å². The van der Waals surface area contributed by atoms with Crippen molar-refractivity contribution in [3.63, 3.8) is 0 Å². The first-order valence-electron chi connectivity index (χ1n) is 10.4. The molecule has 1 aliphatic heterocycles. The minimum atomic E-state index is -5.08. The highest BCUT2D eigenvalue weighted by Gasteiger charge is 2.43. The smallest absolute Gasteiger partial charge is 0.481 e. The monoisotopic (exact) mass is 524 g/mol. The Hall–Kier alpha value is -2.41. The molecular weight excluding hydrogens is 497 g/mol. The molecule has 1 saturated heterocycles. The summed E-state index contributed by atoms with van der Waals surface area (Å²) < 4.78 is 31.7. The van der Waals surface area contributed by atoms with Crippen LogP contribution in [-0.4, -0.2) is 69.6 Å². The topological polar surface area (TPSA) is 124 Å². The van der Waals surface area contributed by atoms with Crippen LogP contribution in [0.25, 0.3) is 0 Å². The molecule has 0 aliphatic carbocycles. The molecule has 0 aromatic heterocycles. The summed E-state index contributed by atoms with van der Waals surface area (Å²) >= 11 is 0. The second-order valence-electron chi connectivity index (χ2n) is 7.13. The Labute approximate surface area is 203 Å². The lowest BCUT2D eigenvalue weighted by Gasteiger charge is -2.28. The third-order valence-corrected chi connectivity index (χ3v) is 6.99. The van der Waals surface area contributed by atoms with Gasteiger partial charge in [-0.3, -0.25) is 14.4 Å². The molecule has 2 rings (SSSR count). The number of nitrogens with one attached hydrogen (secondary N) is 1. The SMILES string of the molecule is CCCN1C(=O)CC(C(=O)NCCSSCCC(=O)O)C1c1ccccc1.O=C(O)C(F)(F)F. The van der Waals surface area contributed by atoms with Crippen molar-refractivity contribution in [3.8, 4) is 0 Å². The van der Waals surface area contributed by atoms with Crippen LogP contribution in [0.5, 0.6) is 0 Å². The highest BCUT2D eigenvalue weighted by molar-refractivity contribution is 8.76. The molecule has 2 atom stereocenters. The number of halogens is 3. The minimum Gasteiger partial charge on any atom is -0.481 e. The van der Waals surface area contributed by atoms with E-state index in [2.05, 4.69) is 5.32 Å². The van der Waals surface area contributed by atoms with Gasteiger partial charge in [-0.15, -0.1) is 0 Å². The number of likely N-dealkylation sites (tertiary alicyclic amines) is 1. The molecule has 34 heavy (non-hydrogen) atoms. The van der Waals surface area contributed by atoms with E-state index < -0.39 is 18.1 Å². The van der Waals surface area contributed by atoms with E-state index in [0.29, 0.717) is 24.6 Å². The fourth-order valence-electron chi connectivity index (χ4n) is 3.19. The van der Waals surface area contributed by atoms with E-state index in [9.17, 15) is 27.6 Å². The fourth-order valence-corrected chi connectivity index (χ4v) is 5.07. The van der Waals surface area contributed by atoms with Crippen molar-refractivity contribution >= 4 is 45.3 Å². The number of amides is 2. The van der Waals surface area contributed by atoms with Crippen molar-refractivity contribution < 1.29 is 42.6 Å². The Kier molecular flexibility index (Phi) is 12.9. The number of carbonyl (C=O) groups is 4. The Bertz CT molecular complexity index is 826. The van der Waals surface area contributed by atoms with E-state index in [0.717, 1.165) is 12.0 Å². The maximum atomic E-state index is 12.7. The molecule has 0 radical (unpaired) electrons. The Morgan fingerprint density at radius 1 is 1.12 bits per heavy atom. The molecule has 0 bridgehead atoms. The molecule has 1 heterocycles. The van der Waals surface area contributed by atoms with Crippen molar-refractivity contribution in [2.75, 3.05) is 24.6 Å². The first kappa shape index (κ1) is 29.6. The number of hydrogen-bond donors (Lipinski definition) is 3. The predicted molar refractivity (Wildman–Crippen MR) is 123 cm³/mol. The molecule has 2 amide bonds. The van der Waals surface area contributed by atoms with Crippen molar-refractivity contribution in [1.29, 1.82) is 0 Å². The van der Waals surface area contributed by atoms with Crippen LogP contribution >= 0.6 is 21.6 Å². The lowest BCUT2D eigenvalue weighted by Crippen LogP contribution is -2.36. The van der Waals surface area contributed by atoms with E-state index in [1.54, 1.807) is 10.8 Å². The summed E-state index contributed by atoms with van der Waals surface area (Å²) in [5, 5.41) is 18.7. The average Bonchev–Trinajstić information content (AvgIpc) is 3.09. The van der Waals surface area contributed by atoms with Gasteiger partial charge in [0.15, 0.2) is 0 Å². The number of hydrogen-bond acceptors (Lipinski definition) is 6. The predicted octanol–water partition coefficient (Wildman–Crippen LogP) is 3.59. The molecule has 190 valence electrons. The number of carbonyl (C=O) groups excluding carboxylic acids is 2. The van der Waals surface area contributed by atoms with Crippen LogP contribution in [0.4, 0.5) is 13.2 Å². The van der Waals surface area contributed by atoms with Gasteiger partial charge in [0.25, 0.3) is 0 Å². The van der Waals surface area contributed by atoms with Crippen molar-refractivity contribution in [2.24, 2.45) is 5.92 Å². The number of nitrogens with zero attached hydrogens (tertiary/aromatic N) is 1. The maximum Gasteiger partial charge on any atom is 0.490 e. The van der Waals surface area contributed by atoms with Gasteiger partial charge in [0.2, 0.25) is 11.8 Å². The highest BCUT2D eigenvalue weighted by atomic mass is 33.1. The first-order valence-corrected chi connectivity index (χ1v) is 12.9. The summed E-state index contributed by atoms with van der Waals surface area (Å²) in [7, 11) is 3.04. The minimum absolute atomic E-state index is 0.0319. The molecule has 13 heteroatoms. The van der Waals surface area contributed by atoms with Crippen molar-refractivity contribution in [2.45, 2.75) is 38.4 Å².